The number of carbonyl (C=O) groups excluding carboxylic acids is 1. The van der Waals surface area contributed by atoms with Gasteiger partial charge in [-0.05, 0) is 67.9 Å². The van der Waals surface area contributed by atoms with Crippen LogP contribution < -0.4 is 15.6 Å². The van der Waals surface area contributed by atoms with Crippen LogP contribution in [0.1, 0.15) is 32.1 Å². The van der Waals surface area contributed by atoms with Crippen molar-refractivity contribution >= 4 is 22.6 Å². The molecule has 0 saturated heterocycles. The molecule has 9 heteroatoms. The standard InChI is InChI=1S/C29H31FN4O4/c1-4-26(33(17-18-37-3)29(36)31-21-10-8-9-20(30)19-21)27-32-25-12-7-6-11-24(25)28(35)34(27)22-13-15-23(16-14-22)38-5-2/h6-16,19,26H,4-5,17-18H2,1-3H3,(H,31,36). The first kappa shape index (κ1) is 26.8. The van der Waals surface area contributed by atoms with Gasteiger partial charge in [0, 0.05) is 19.3 Å². The van der Waals surface area contributed by atoms with Crippen molar-refractivity contribution < 1.29 is 18.7 Å². The highest BCUT2D eigenvalue weighted by Crippen LogP contribution is 2.27. The average molecular weight is 519 g/mol. The first-order valence-corrected chi connectivity index (χ1v) is 12.5. The minimum Gasteiger partial charge on any atom is -0.494 e. The van der Waals surface area contributed by atoms with Crippen molar-refractivity contribution in [3.8, 4) is 11.4 Å². The summed E-state index contributed by atoms with van der Waals surface area (Å²) >= 11 is 0. The molecule has 0 fully saturated rings. The van der Waals surface area contributed by atoms with E-state index in [2.05, 4.69) is 5.32 Å². The molecule has 4 rings (SSSR count). The van der Waals surface area contributed by atoms with Gasteiger partial charge in [-0.2, -0.15) is 0 Å². The van der Waals surface area contributed by atoms with Crippen LogP contribution in [-0.4, -0.2) is 47.4 Å². The summed E-state index contributed by atoms with van der Waals surface area (Å²) in [6, 6.07) is 19.0. The van der Waals surface area contributed by atoms with Crippen molar-refractivity contribution in [1.82, 2.24) is 14.5 Å². The topological polar surface area (TPSA) is 85.7 Å². The van der Waals surface area contributed by atoms with Crippen LogP contribution in [0.2, 0.25) is 0 Å². The van der Waals surface area contributed by atoms with Crippen LogP contribution in [0, 0.1) is 5.82 Å². The van der Waals surface area contributed by atoms with Crippen LogP contribution in [0.5, 0.6) is 5.75 Å². The molecule has 0 aliphatic carbocycles. The van der Waals surface area contributed by atoms with E-state index >= 15 is 0 Å². The van der Waals surface area contributed by atoms with Crippen LogP contribution in [0.25, 0.3) is 16.6 Å². The third kappa shape index (κ3) is 5.84. The highest BCUT2D eigenvalue weighted by atomic mass is 19.1. The molecule has 1 unspecified atom stereocenters. The SMILES string of the molecule is CCOc1ccc(-n2c(C(CC)N(CCOC)C(=O)Nc3cccc(F)c3)nc3ccccc3c2=O)cc1. The quantitative estimate of drug-likeness (QED) is 0.297. The number of amides is 2. The number of hydrogen-bond acceptors (Lipinski definition) is 5. The number of para-hydroxylation sites is 1. The summed E-state index contributed by atoms with van der Waals surface area (Å²) in [4.78, 5) is 33.8. The summed E-state index contributed by atoms with van der Waals surface area (Å²) in [5, 5.41) is 3.23. The summed E-state index contributed by atoms with van der Waals surface area (Å²) in [6.45, 7) is 4.83. The van der Waals surface area contributed by atoms with Crippen molar-refractivity contribution in [3.05, 3.63) is 94.8 Å². The fraction of sp³-hybridized carbons (Fsp3) is 0.276. The number of anilines is 1. The first-order valence-electron chi connectivity index (χ1n) is 12.5. The third-order valence-electron chi connectivity index (χ3n) is 6.14. The number of hydrogen-bond donors (Lipinski definition) is 1. The number of fused-ring (bicyclic) bond motifs is 1. The average Bonchev–Trinajstić information content (AvgIpc) is 2.92. The molecular formula is C29H31FN4O4. The lowest BCUT2D eigenvalue weighted by molar-refractivity contribution is 0.131. The summed E-state index contributed by atoms with van der Waals surface area (Å²) in [6.07, 6.45) is 0.460. The van der Waals surface area contributed by atoms with Crippen LogP contribution in [-0.2, 0) is 4.74 Å². The highest BCUT2D eigenvalue weighted by molar-refractivity contribution is 5.89. The smallest absolute Gasteiger partial charge is 0.322 e. The molecule has 0 saturated carbocycles. The van der Waals surface area contributed by atoms with E-state index in [0.29, 0.717) is 46.9 Å². The predicted octanol–water partition coefficient (Wildman–Crippen LogP) is 5.56. The summed E-state index contributed by atoms with van der Waals surface area (Å²) in [5.41, 5.74) is 1.21. The monoisotopic (exact) mass is 518 g/mol. The van der Waals surface area contributed by atoms with E-state index in [1.165, 1.54) is 18.2 Å². The number of nitrogens with zero attached hydrogens (tertiary/aromatic N) is 3. The van der Waals surface area contributed by atoms with Gasteiger partial charge in [0.15, 0.2) is 0 Å². The number of urea groups is 1. The maximum Gasteiger partial charge on any atom is 0.322 e. The second kappa shape index (κ2) is 12.3. The Balaban J connectivity index is 1.85. The largest absolute Gasteiger partial charge is 0.494 e. The summed E-state index contributed by atoms with van der Waals surface area (Å²) in [5.74, 6) is 0.632. The second-order valence-electron chi connectivity index (χ2n) is 8.61. The fourth-order valence-corrected chi connectivity index (χ4v) is 4.37. The minimum atomic E-state index is -0.595. The normalized spacial score (nSPS) is 11.8. The third-order valence-corrected chi connectivity index (χ3v) is 6.14. The Morgan fingerprint density at radius 1 is 1.08 bits per heavy atom. The number of ether oxygens (including phenoxy) is 2. The Morgan fingerprint density at radius 3 is 2.53 bits per heavy atom. The number of carbonyl (C=O) groups is 1. The molecule has 0 bridgehead atoms. The maximum atomic E-state index is 13.8. The maximum absolute atomic E-state index is 13.8. The molecule has 1 atom stereocenters. The Kier molecular flexibility index (Phi) is 8.70. The van der Waals surface area contributed by atoms with Gasteiger partial charge in [-0.25, -0.2) is 14.2 Å². The molecule has 0 radical (unpaired) electrons. The first-order chi connectivity index (χ1) is 18.5. The van der Waals surface area contributed by atoms with E-state index in [9.17, 15) is 14.0 Å². The van der Waals surface area contributed by atoms with Crippen LogP contribution in [0.3, 0.4) is 0 Å². The van der Waals surface area contributed by atoms with E-state index in [-0.39, 0.29) is 18.7 Å². The number of aromatic nitrogens is 2. The molecule has 1 N–H and O–H groups in total. The molecule has 0 aliphatic heterocycles. The Labute approximate surface area is 220 Å². The van der Waals surface area contributed by atoms with E-state index in [1.807, 2.05) is 19.9 Å². The second-order valence-corrected chi connectivity index (χ2v) is 8.61. The van der Waals surface area contributed by atoms with Gasteiger partial charge in [-0.15, -0.1) is 0 Å². The van der Waals surface area contributed by atoms with Crippen molar-refractivity contribution in [1.29, 1.82) is 0 Å². The lowest BCUT2D eigenvalue weighted by atomic mass is 10.1. The zero-order valence-corrected chi connectivity index (χ0v) is 21.7. The number of rotatable bonds is 10. The van der Waals surface area contributed by atoms with Crippen LogP contribution >= 0.6 is 0 Å². The minimum absolute atomic E-state index is 0.224. The van der Waals surface area contributed by atoms with Gasteiger partial charge >= 0.3 is 6.03 Å². The molecule has 0 aliphatic rings. The molecule has 4 aromatic rings. The Bertz CT molecular complexity index is 1460. The van der Waals surface area contributed by atoms with E-state index in [4.69, 9.17) is 14.5 Å². The molecule has 198 valence electrons. The summed E-state index contributed by atoms with van der Waals surface area (Å²) in [7, 11) is 1.55. The van der Waals surface area contributed by atoms with Gasteiger partial charge in [-0.1, -0.05) is 25.1 Å². The van der Waals surface area contributed by atoms with Crippen molar-refractivity contribution in [3.63, 3.8) is 0 Å². The van der Waals surface area contributed by atoms with Gasteiger partial charge in [0.05, 0.1) is 35.8 Å². The summed E-state index contributed by atoms with van der Waals surface area (Å²) < 4.78 is 26.2. The fourth-order valence-electron chi connectivity index (χ4n) is 4.37. The number of halogens is 1. The molecule has 1 aromatic heterocycles. The lowest BCUT2D eigenvalue weighted by Crippen LogP contribution is -2.42. The number of benzene rings is 3. The molecule has 2 amide bonds. The Morgan fingerprint density at radius 2 is 1.84 bits per heavy atom. The number of nitrogens with one attached hydrogen (secondary N) is 1. The van der Waals surface area contributed by atoms with E-state index in [0.717, 1.165) is 0 Å². The van der Waals surface area contributed by atoms with Gasteiger partial charge in [0.1, 0.15) is 17.4 Å². The van der Waals surface area contributed by atoms with Crippen molar-refractivity contribution in [2.24, 2.45) is 0 Å². The molecule has 1 heterocycles. The molecular weight excluding hydrogens is 487 g/mol. The van der Waals surface area contributed by atoms with Crippen molar-refractivity contribution in [2.75, 3.05) is 32.2 Å². The molecule has 3 aromatic carbocycles. The van der Waals surface area contributed by atoms with Gasteiger partial charge in [-0.3, -0.25) is 9.36 Å². The molecule has 0 spiro atoms. The molecule has 38 heavy (non-hydrogen) atoms. The Hall–Kier alpha value is -4.24. The predicted molar refractivity (Wildman–Crippen MR) is 146 cm³/mol. The van der Waals surface area contributed by atoms with Gasteiger partial charge in [0.2, 0.25) is 0 Å². The zero-order chi connectivity index (χ0) is 27.1. The van der Waals surface area contributed by atoms with E-state index < -0.39 is 17.9 Å². The van der Waals surface area contributed by atoms with Crippen LogP contribution in [0.4, 0.5) is 14.9 Å². The van der Waals surface area contributed by atoms with Gasteiger partial charge in [0.25, 0.3) is 5.56 Å². The van der Waals surface area contributed by atoms with Gasteiger partial charge < -0.3 is 19.7 Å². The lowest BCUT2D eigenvalue weighted by Gasteiger charge is -2.32. The molecule has 8 nitrogen and oxygen atoms in total. The van der Waals surface area contributed by atoms with E-state index in [1.54, 1.807) is 65.1 Å². The highest BCUT2D eigenvalue weighted by Gasteiger charge is 2.29. The van der Waals surface area contributed by atoms with Crippen molar-refractivity contribution in [2.45, 2.75) is 26.3 Å². The van der Waals surface area contributed by atoms with Crippen LogP contribution in [0.15, 0.2) is 77.6 Å². The number of methoxy groups -OCH3 is 1. The zero-order valence-electron chi connectivity index (χ0n) is 21.7.